The molecule has 29 heavy (non-hydrogen) atoms. The lowest BCUT2D eigenvalue weighted by Gasteiger charge is -2.55. The zero-order valence-electron chi connectivity index (χ0n) is 15.2. The summed E-state index contributed by atoms with van der Waals surface area (Å²) < 4.78 is 55.3. The Morgan fingerprint density at radius 3 is 2.59 bits per heavy atom. The van der Waals surface area contributed by atoms with E-state index in [0.717, 1.165) is 17.8 Å². The highest BCUT2D eigenvalue weighted by Crippen LogP contribution is 2.58. The highest BCUT2D eigenvalue weighted by atomic mass is 35.5. The molecule has 3 nitrogen and oxygen atoms in total. The average Bonchev–Trinajstić information content (AvgIpc) is 2.67. The van der Waals surface area contributed by atoms with Gasteiger partial charge in [-0.2, -0.15) is 13.2 Å². The van der Waals surface area contributed by atoms with E-state index in [9.17, 15) is 27.5 Å². The Morgan fingerprint density at radius 1 is 1.31 bits per heavy atom. The standard InChI is InChI=1S/C20H16ClF4NO2S/c1-10-6-12(22)2-3-13(10)19-4-5-26(19)17-14(20(23,24)25)7-11(21)8-15(17)29-16(9-19)18(27)28/h2-3,6-8,16H,4-5,9H2,1H3,(H,27,28). The SMILES string of the molecule is Cc1cc(F)ccc1C12CCN1c1c(cc(Cl)cc1C(F)(F)F)SC(C(=O)O)C2. The lowest BCUT2D eigenvalue weighted by molar-refractivity contribution is -0.138. The van der Waals surface area contributed by atoms with Crippen LogP contribution in [0.1, 0.15) is 29.5 Å². The van der Waals surface area contributed by atoms with Crippen molar-refractivity contribution in [1.29, 1.82) is 0 Å². The molecule has 2 aliphatic heterocycles. The normalized spacial score (nSPS) is 23.7. The van der Waals surface area contributed by atoms with E-state index >= 15 is 0 Å². The number of anilines is 1. The molecule has 0 aromatic heterocycles. The summed E-state index contributed by atoms with van der Waals surface area (Å²) in [6.45, 7) is 2.02. The molecule has 154 valence electrons. The summed E-state index contributed by atoms with van der Waals surface area (Å²) in [6, 6.07) is 6.40. The molecule has 0 saturated carbocycles. The van der Waals surface area contributed by atoms with Crippen molar-refractivity contribution in [2.75, 3.05) is 11.4 Å². The number of halogens is 5. The van der Waals surface area contributed by atoms with Gasteiger partial charge >= 0.3 is 12.1 Å². The maximum Gasteiger partial charge on any atom is 0.418 e. The molecule has 2 aromatic rings. The molecule has 4 rings (SSSR count). The van der Waals surface area contributed by atoms with Gasteiger partial charge < -0.3 is 10.0 Å². The number of carboxylic acids is 1. The Balaban J connectivity index is 1.98. The Hall–Kier alpha value is -1.93. The fourth-order valence-electron chi connectivity index (χ4n) is 4.37. The lowest BCUT2D eigenvalue weighted by atomic mass is 9.72. The van der Waals surface area contributed by atoms with E-state index in [1.54, 1.807) is 17.9 Å². The Bertz CT molecular complexity index is 1010. The molecule has 0 radical (unpaired) electrons. The molecule has 9 heteroatoms. The number of thioether (sulfide) groups is 1. The molecule has 0 spiro atoms. The minimum Gasteiger partial charge on any atom is -0.480 e. The van der Waals surface area contributed by atoms with Crippen molar-refractivity contribution < 1.29 is 27.5 Å². The Kier molecular flexibility index (Phi) is 4.77. The van der Waals surface area contributed by atoms with Gasteiger partial charge in [0.15, 0.2) is 0 Å². The predicted molar refractivity (Wildman–Crippen MR) is 103 cm³/mol. The summed E-state index contributed by atoms with van der Waals surface area (Å²) in [5.74, 6) is -1.56. The lowest BCUT2D eigenvalue weighted by Crippen LogP contribution is -2.59. The predicted octanol–water partition coefficient (Wildman–Crippen LogP) is 5.86. The number of hydrogen-bond donors (Lipinski definition) is 1. The third-order valence-electron chi connectivity index (χ3n) is 5.64. The van der Waals surface area contributed by atoms with Crippen LogP contribution in [0.15, 0.2) is 35.2 Å². The molecule has 1 saturated heterocycles. The van der Waals surface area contributed by atoms with E-state index in [1.807, 2.05) is 0 Å². The zero-order chi connectivity index (χ0) is 21.1. The fraction of sp³-hybridized carbons (Fsp3) is 0.350. The van der Waals surface area contributed by atoms with Gasteiger partial charge in [0.1, 0.15) is 11.1 Å². The van der Waals surface area contributed by atoms with Gasteiger partial charge in [0.05, 0.1) is 16.8 Å². The maximum atomic E-state index is 13.9. The van der Waals surface area contributed by atoms with E-state index in [2.05, 4.69) is 0 Å². The van der Waals surface area contributed by atoms with Gasteiger partial charge in [-0.05, 0) is 55.2 Å². The van der Waals surface area contributed by atoms with Gasteiger partial charge in [-0.25, -0.2) is 4.39 Å². The summed E-state index contributed by atoms with van der Waals surface area (Å²) in [5, 5.41) is 8.67. The largest absolute Gasteiger partial charge is 0.480 e. The zero-order valence-corrected chi connectivity index (χ0v) is 16.8. The van der Waals surface area contributed by atoms with Crippen molar-refractivity contribution in [3.63, 3.8) is 0 Å². The third-order valence-corrected chi connectivity index (χ3v) is 7.07. The van der Waals surface area contributed by atoms with Gasteiger partial charge in [0.2, 0.25) is 0 Å². The highest BCUT2D eigenvalue weighted by molar-refractivity contribution is 8.00. The van der Waals surface area contributed by atoms with Gasteiger partial charge in [-0.1, -0.05) is 17.7 Å². The van der Waals surface area contributed by atoms with Crippen LogP contribution in [0.2, 0.25) is 5.02 Å². The Morgan fingerprint density at radius 2 is 2.03 bits per heavy atom. The van der Waals surface area contributed by atoms with Crippen LogP contribution in [0, 0.1) is 12.7 Å². The van der Waals surface area contributed by atoms with Crippen LogP contribution in [-0.4, -0.2) is 22.9 Å². The molecule has 2 unspecified atom stereocenters. The van der Waals surface area contributed by atoms with Crippen LogP contribution < -0.4 is 4.90 Å². The summed E-state index contributed by atoms with van der Waals surface area (Å²) in [4.78, 5) is 13.7. The number of aliphatic carboxylic acids is 1. The average molecular weight is 446 g/mol. The highest BCUT2D eigenvalue weighted by Gasteiger charge is 2.54. The first-order valence-electron chi connectivity index (χ1n) is 8.87. The van der Waals surface area contributed by atoms with Gasteiger partial charge in [-0.15, -0.1) is 11.8 Å². The number of fused-ring (bicyclic) bond motifs is 3. The molecular formula is C20H16ClF4NO2S. The van der Waals surface area contributed by atoms with Crippen molar-refractivity contribution in [2.24, 2.45) is 0 Å². The molecule has 2 aromatic carbocycles. The summed E-state index contributed by atoms with van der Waals surface area (Å²) in [5.41, 5.74) is -0.664. The second kappa shape index (κ2) is 6.80. The molecule has 2 atom stereocenters. The summed E-state index contributed by atoms with van der Waals surface area (Å²) in [6.07, 6.45) is -4.08. The smallest absolute Gasteiger partial charge is 0.418 e. The fourth-order valence-corrected chi connectivity index (χ4v) is 5.94. The minimum atomic E-state index is -4.65. The van der Waals surface area contributed by atoms with Gasteiger partial charge in [0, 0.05) is 16.5 Å². The number of hydrogen-bond acceptors (Lipinski definition) is 3. The summed E-state index contributed by atoms with van der Waals surface area (Å²) in [7, 11) is 0. The van der Waals surface area contributed by atoms with Crippen molar-refractivity contribution in [1.82, 2.24) is 0 Å². The van der Waals surface area contributed by atoms with Crippen LogP contribution in [-0.2, 0) is 16.5 Å². The molecule has 2 aliphatic rings. The van der Waals surface area contributed by atoms with Crippen molar-refractivity contribution in [3.05, 3.63) is 57.9 Å². The topological polar surface area (TPSA) is 40.5 Å². The number of rotatable bonds is 2. The number of carbonyl (C=O) groups is 1. The van der Waals surface area contributed by atoms with E-state index in [0.29, 0.717) is 24.1 Å². The number of carboxylic acid groups (broad SMARTS) is 1. The number of aryl methyl sites for hydroxylation is 1. The first-order chi connectivity index (χ1) is 13.5. The van der Waals surface area contributed by atoms with E-state index < -0.39 is 34.3 Å². The van der Waals surface area contributed by atoms with E-state index in [4.69, 9.17) is 11.6 Å². The molecule has 1 N–H and O–H groups in total. The summed E-state index contributed by atoms with van der Waals surface area (Å²) >= 11 is 6.82. The first kappa shape index (κ1) is 20.3. The van der Waals surface area contributed by atoms with Crippen LogP contribution in [0.4, 0.5) is 23.2 Å². The van der Waals surface area contributed by atoms with Crippen molar-refractivity contribution >= 4 is 35.0 Å². The number of alkyl halides is 3. The van der Waals surface area contributed by atoms with Crippen LogP contribution >= 0.6 is 23.4 Å². The number of nitrogens with zero attached hydrogens (tertiary/aromatic N) is 1. The molecule has 1 fully saturated rings. The molecule has 0 aliphatic carbocycles. The minimum absolute atomic E-state index is 0.0503. The number of benzene rings is 2. The van der Waals surface area contributed by atoms with Gasteiger partial charge in [-0.3, -0.25) is 4.79 Å². The van der Waals surface area contributed by atoms with Crippen LogP contribution in [0.25, 0.3) is 0 Å². The molecule has 0 amide bonds. The van der Waals surface area contributed by atoms with E-state index in [-0.39, 0.29) is 22.0 Å². The second-order valence-electron chi connectivity index (χ2n) is 7.34. The first-order valence-corrected chi connectivity index (χ1v) is 10.1. The van der Waals surface area contributed by atoms with Crippen molar-refractivity contribution in [3.8, 4) is 0 Å². The van der Waals surface area contributed by atoms with Crippen molar-refractivity contribution in [2.45, 2.75) is 41.6 Å². The molecular weight excluding hydrogens is 430 g/mol. The monoisotopic (exact) mass is 445 g/mol. The third kappa shape index (κ3) is 3.26. The van der Waals surface area contributed by atoms with E-state index in [1.165, 1.54) is 18.2 Å². The quantitative estimate of drug-likeness (QED) is 0.588. The maximum absolute atomic E-state index is 13.9. The molecule has 0 bridgehead atoms. The Labute approximate surface area is 173 Å². The van der Waals surface area contributed by atoms with Gasteiger partial charge in [0.25, 0.3) is 0 Å². The van der Waals surface area contributed by atoms with Crippen LogP contribution in [0.3, 0.4) is 0 Å². The second-order valence-corrected chi connectivity index (χ2v) is 9.02. The van der Waals surface area contributed by atoms with Crippen LogP contribution in [0.5, 0.6) is 0 Å². The molecule has 2 heterocycles.